The lowest BCUT2D eigenvalue weighted by Crippen LogP contribution is -2.43. The van der Waals surface area contributed by atoms with Crippen LogP contribution in [0.3, 0.4) is 0 Å². The fraction of sp³-hybridized carbons (Fsp3) is 0.696. The number of alkyl halides is 1. The predicted molar refractivity (Wildman–Crippen MR) is 119 cm³/mol. The Bertz CT molecular complexity index is 1130. The van der Waals surface area contributed by atoms with Crippen molar-refractivity contribution in [3.8, 4) is 6.01 Å². The van der Waals surface area contributed by atoms with Gasteiger partial charge >= 0.3 is 6.01 Å². The molecule has 6 nitrogen and oxygen atoms in total. The number of ether oxygens (including phenoxy) is 1. The van der Waals surface area contributed by atoms with Crippen LogP contribution in [0.4, 0.5) is 14.6 Å². The Morgan fingerprint density at radius 3 is 3.06 bits per heavy atom. The lowest BCUT2D eigenvalue weighted by Gasteiger charge is -2.31. The van der Waals surface area contributed by atoms with Crippen molar-refractivity contribution in [1.82, 2.24) is 19.9 Å². The van der Waals surface area contributed by atoms with E-state index in [0.29, 0.717) is 36.1 Å². The van der Waals surface area contributed by atoms with Crippen LogP contribution in [-0.4, -0.2) is 63.8 Å². The molecule has 2 aromatic heterocycles. The molecule has 0 spiro atoms. The van der Waals surface area contributed by atoms with Crippen LogP contribution in [0.25, 0.3) is 10.9 Å². The third-order valence-electron chi connectivity index (χ3n) is 7.57. The summed E-state index contributed by atoms with van der Waals surface area (Å²) in [6.45, 7) is -0.661. The van der Waals surface area contributed by atoms with Crippen molar-refractivity contribution >= 4 is 28.3 Å². The molecule has 1 saturated carbocycles. The second kappa shape index (κ2) is 7.90. The third-order valence-corrected chi connectivity index (χ3v) is 7.83. The van der Waals surface area contributed by atoms with E-state index in [1.54, 1.807) is 0 Å². The molecule has 0 amide bonds. The SMILES string of the molecule is [2H]C([2H])(Oc1nc(N2CCCCCC3CC32)c2cnc(Cl)c(F)c2n1)[C@@]12CCCN1C[C@H](F)C2. The first-order valence-electron chi connectivity index (χ1n) is 12.7. The summed E-state index contributed by atoms with van der Waals surface area (Å²) in [5, 5.41) is 0.131. The van der Waals surface area contributed by atoms with Crippen LogP contribution in [0.15, 0.2) is 6.20 Å². The molecule has 3 saturated heterocycles. The van der Waals surface area contributed by atoms with E-state index in [1.807, 2.05) is 4.90 Å². The molecule has 32 heavy (non-hydrogen) atoms. The van der Waals surface area contributed by atoms with Crippen LogP contribution >= 0.6 is 11.6 Å². The number of hydrogen-bond acceptors (Lipinski definition) is 6. The minimum Gasteiger partial charge on any atom is -0.461 e. The highest BCUT2D eigenvalue weighted by Crippen LogP contribution is 2.45. The zero-order valence-electron chi connectivity index (χ0n) is 19.9. The van der Waals surface area contributed by atoms with Gasteiger partial charge in [-0.05, 0) is 44.6 Å². The summed E-state index contributed by atoms with van der Waals surface area (Å²) < 4.78 is 52.8. The van der Waals surface area contributed by atoms with Gasteiger partial charge in [-0.3, -0.25) is 4.90 Å². The molecular weight excluding hydrogens is 436 g/mol. The molecule has 6 rings (SSSR count). The van der Waals surface area contributed by atoms with E-state index >= 15 is 4.39 Å². The standard InChI is InChI=1S/C23H28ClF2N5O/c24-20-18(26)19-16(11-27-20)21(31-8-3-1-2-5-14-9-17(14)31)29-22(28-19)32-13-23-6-4-7-30(23)12-15(25)10-23/h11,14-15,17H,1-10,12-13H2/t14?,15-,17?,23+/m1/s1/i13D2. The fourth-order valence-corrected chi connectivity index (χ4v) is 6.02. The number of anilines is 1. The van der Waals surface area contributed by atoms with E-state index in [4.69, 9.17) is 19.1 Å². The second-order valence-electron chi connectivity index (χ2n) is 9.65. The van der Waals surface area contributed by atoms with E-state index < -0.39 is 24.1 Å². The summed E-state index contributed by atoms with van der Waals surface area (Å²) in [5.41, 5.74) is -1.12. The first kappa shape index (κ1) is 18.6. The van der Waals surface area contributed by atoms with Gasteiger partial charge in [0.15, 0.2) is 11.0 Å². The third kappa shape index (κ3) is 3.50. The fourth-order valence-electron chi connectivity index (χ4n) is 5.88. The maximum Gasteiger partial charge on any atom is 0.319 e. The van der Waals surface area contributed by atoms with Crippen LogP contribution in [0.2, 0.25) is 5.15 Å². The average Bonchev–Trinajstić information content (AvgIpc) is 3.24. The van der Waals surface area contributed by atoms with Crippen molar-refractivity contribution in [3.63, 3.8) is 0 Å². The molecule has 2 unspecified atom stereocenters. The number of pyridine rings is 1. The number of fused-ring (bicyclic) bond motifs is 3. The first-order valence-corrected chi connectivity index (χ1v) is 12.0. The van der Waals surface area contributed by atoms with Gasteiger partial charge in [0.1, 0.15) is 24.1 Å². The second-order valence-corrected chi connectivity index (χ2v) is 10.0. The zero-order valence-corrected chi connectivity index (χ0v) is 18.6. The Kier molecular flexibility index (Phi) is 4.60. The number of hydrogen-bond donors (Lipinski definition) is 0. The topological polar surface area (TPSA) is 54.4 Å². The largest absolute Gasteiger partial charge is 0.461 e. The highest BCUT2D eigenvalue weighted by Gasteiger charge is 2.49. The zero-order chi connectivity index (χ0) is 23.7. The highest BCUT2D eigenvalue weighted by molar-refractivity contribution is 6.30. The number of rotatable bonds is 4. The van der Waals surface area contributed by atoms with Gasteiger partial charge in [0.2, 0.25) is 0 Å². The lowest BCUT2D eigenvalue weighted by molar-refractivity contribution is 0.107. The van der Waals surface area contributed by atoms with Crippen LogP contribution in [0.1, 0.15) is 54.1 Å². The summed E-state index contributed by atoms with van der Waals surface area (Å²) in [6, 6.07) is 0.0595. The molecule has 0 bridgehead atoms. The molecule has 172 valence electrons. The van der Waals surface area contributed by atoms with Crippen LogP contribution in [0.5, 0.6) is 6.01 Å². The molecule has 4 fully saturated rings. The Morgan fingerprint density at radius 2 is 2.16 bits per heavy atom. The lowest BCUT2D eigenvalue weighted by atomic mass is 9.95. The molecule has 5 heterocycles. The molecule has 1 aliphatic carbocycles. The first-order chi connectivity index (χ1) is 16.3. The van der Waals surface area contributed by atoms with Gasteiger partial charge in [-0.15, -0.1) is 0 Å². The van der Waals surface area contributed by atoms with Gasteiger partial charge in [0, 0.05) is 31.7 Å². The molecule has 0 radical (unpaired) electrons. The Labute approximate surface area is 194 Å². The minimum absolute atomic E-state index is 0.0365. The number of aromatic nitrogens is 3. The van der Waals surface area contributed by atoms with E-state index in [0.717, 1.165) is 38.6 Å². The van der Waals surface area contributed by atoms with Crippen molar-refractivity contribution in [2.24, 2.45) is 5.92 Å². The minimum atomic E-state index is -2.25. The molecule has 2 aromatic rings. The van der Waals surface area contributed by atoms with Crippen LogP contribution in [-0.2, 0) is 0 Å². The molecular formula is C23H28ClF2N5O. The highest BCUT2D eigenvalue weighted by atomic mass is 35.5. The molecule has 4 atom stereocenters. The quantitative estimate of drug-likeness (QED) is 0.618. The smallest absolute Gasteiger partial charge is 0.319 e. The maximum atomic E-state index is 15.1. The van der Waals surface area contributed by atoms with Gasteiger partial charge < -0.3 is 9.64 Å². The number of nitrogens with zero attached hydrogens (tertiary/aromatic N) is 5. The van der Waals surface area contributed by atoms with Crippen molar-refractivity contribution in [1.29, 1.82) is 0 Å². The maximum absolute atomic E-state index is 15.1. The van der Waals surface area contributed by atoms with Crippen LogP contribution in [0, 0.1) is 11.7 Å². The van der Waals surface area contributed by atoms with E-state index in [-0.39, 0.29) is 29.6 Å². The van der Waals surface area contributed by atoms with Gasteiger partial charge in [-0.1, -0.05) is 24.4 Å². The monoisotopic (exact) mass is 465 g/mol. The summed E-state index contributed by atoms with van der Waals surface area (Å²) in [5.74, 6) is 0.305. The molecule has 9 heteroatoms. The van der Waals surface area contributed by atoms with Gasteiger partial charge in [0.25, 0.3) is 0 Å². The number of halogens is 3. The summed E-state index contributed by atoms with van der Waals surface area (Å²) in [7, 11) is 0. The van der Waals surface area contributed by atoms with Gasteiger partial charge in [-0.25, -0.2) is 13.8 Å². The predicted octanol–water partition coefficient (Wildman–Crippen LogP) is 4.54. The molecule has 4 aliphatic rings. The van der Waals surface area contributed by atoms with E-state index in [1.165, 1.54) is 12.6 Å². The molecule has 0 N–H and O–H groups in total. The van der Waals surface area contributed by atoms with E-state index in [9.17, 15) is 4.39 Å². The van der Waals surface area contributed by atoms with Gasteiger partial charge in [-0.2, -0.15) is 9.97 Å². The summed E-state index contributed by atoms with van der Waals surface area (Å²) >= 11 is 5.96. The Balaban J connectivity index is 1.42. The van der Waals surface area contributed by atoms with E-state index in [2.05, 4.69) is 19.9 Å². The average molecular weight is 466 g/mol. The summed E-state index contributed by atoms with van der Waals surface area (Å²) in [6.07, 6.45) is 7.23. The van der Waals surface area contributed by atoms with Crippen molar-refractivity contribution in [3.05, 3.63) is 17.2 Å². The summed E-state index contributed by atoms with van der Waals surface area (Å²) in [4.78, 5) is 16.9. The van der Waals surface area contributed by atoms with Gasteiger partial charge in [0.05, 0.1) is 13.7 Å². The Morgan fingerprint density at radius 1 is 1.25 bits per heavy atom. The van der Waals surface area contributed by atoms with Crippen molar-refractivity contribution < 1.29 is 16.3 Å². The molecule has 3 aliphatic heterocycles. The normalized spacial score (nSPS) is 33.8. The van der Waals surface area contributed by atoms with Crippen LogP contribution < -0.4 is 9.64 Å². The molecule has 0 aromatic carbocycles. The Hall–Kier alpha value is -1.80. The van der Waals surface area contributed by atoms with Crippen molar-refractivity contribution in [2.75, 3.05) is 31.1 Å². The van der Waals surface area contributed by atoms with Crippen molar-refractivity contribution in [2.45, 2.75) is 69.1 Å².